The predicted octanol–water partition coefficient (Wildman–Crippen LogP) is 2.04. The maximum atomic E-state index is 12.0. The zero-order valence-electron chi connectivity index (χ0n) is 11.8. The van der Waals surface area contributed by atoms with Gasteiger partial charge in [-0.25, -0.2) is 13.1 Å². The highest BCUT2D eigenvalue weighted by Crippen LogP contribution is 2.24. The van der Waals surface area contributed by atoms with Crippen LogP contribution in [-0.2, 0) is 10.0 Å². The second kappa shape index (κ2) is 6.35. The Bertz CT molecular complexity index is 340. The minimum absolute atomic E-state index is 0.198. The first-order valence-electron chi connectivity index (χ1n) is 6.90. The fourth-order valence-electron chi connectivity index (χ4n) is 2.26. The van der Waals surface area contributed by atoms with Gasteiger partial charge in [0.2, 0.25) is 10.0 Å². The SMILES string of the molecule is CC(C)(C)C(O)CCNS(=O)(=O)C1CCCCC1. The third kappa shape index (κ3) is 4.86. The molecule has 0 spiro atoms. The van der Waals surface area contributed by atoms with E-state index in [1.807, 2.05) is 20.8 Å². The van der Waals surface area contributed by atoms with Crippen LogP contribution in [0.4, 0.5) is 0 Å². The Morgan fingerprint density at radius 2 is 1.78 bits per heavy atom. The number of sulfonamides is 1. The van der Waals surface area contributed by atoms with Crippen molar-refractivity contribution in [1.82, 2.24) is 4.72 Å². The van der Waals surface area contributed by atoms with Gasteiger partial charge in [-0.3, -0.25) is 0 Å². The molecule has 108 valence electrons. The van der Waals surface area contributed by atoms with Gasteiger partial charge in [-0.05, 0) is 24.7 Å². The molecule has 1 rings (SSSR count). The third-order valence-electron chi connectivity index (χ3n) is 3.71. The van der Waals surface area contributed by atoms with Crippen LogP contribution in [0.5, 0.6) is 0 Å². The molecule has 1 saturated carbocycles. The van der Waals surface area contributed by atoms with Gasteiger partial charge in [0.15, 0.2) is 0 Å². The lowest BCUT2D eigenvalue weighted by molar-refractivity contribution is 0.0570. The summed E-state index contributed by atoms with van der Waals surface area (Å²) in [7, 11) is -3.19. The molecule has 1 fully saturated rings. The number of rotatable bonds is 5. The van der Waals surface area contributed by atoms with Gasteiger partial charge in [0.25, 0.3) is 0 Å². The Labute approximate surface area is 111 Å². The molecule has 0 saturated heterocycles. The van der Waals surface area contributed by atoms with Crippen LogP contribution in [0, 0.1) is 5.41 Å². The van der Waals surface area contributed by atoms with Crippen molar-refractivity contribution in [3.05, 3.63) is 0 Å². The van der Waals surface area contributed by atoms with E-state index in [4.69, 9.17) is 0 Å². The summed E-state index contributed by atoms with van der Waals surface area (Å²) in [6.07, 6.45) is 4.71. The van der Waals surface area contributed by atoms with Gasteiger partial charge in [0.1, 0.15) is 0 Å². The average molecular weight is 277 g/mol. The summed E-state index contributed by atoms with van der Waals surface area (Å²) in [6, 6.07) is 0. The number of aliphatic hydroxyl groups excluding tert-OH is 1. The second-order valence-electron chi connectivity index (χ2n) is 6.37. The van der Waals surface area contributed by atoms with E-state index in [1.165, 1.54) is 0 Å². The van der Waals surface area contributed by atoms with Crippen LogP contribution in [-0.4, -0.2) is 31.4 Å². The normalized spacial score (nSPS) is 20.9. The van der Waals surface area contributed by atoms with Gasteiger partial charge in [0.05, 0.1) is 11.4 Å². The molecule has 0 aromatic heterocycles. The molecule has 0 heterocycles. The number of nitrogens with one attached hydrogen (secondary N) is 1. The maximum Gasteiger partial charge on any atom is 0.214 e. The molecule has 1 unspecified atom stereocenters. The molecule has 0 amide bonds. The van der Waals surface area contributed by atoms with E-state index in [9.17, 15) is 13.5 Å². The first kappa shape index (κ1) is 15.9. The van der Waals surface area contributed by atoms with E-state index >= 15 is 0 Å². The summed E-state index contributed by atoms with van der Waals surface area (Å²) >= 11 is 0. The van der Waals surface area contributed by atoms with Crippen LogP contribution in [0.1, 0.15) is 59.3 Å². The summed E-state index contributed by atoms with van der Waals surface area (Å²) in [6.45, 7) is 6.19. The molecular formula is C13H27NO3S. The van der Waals surface area contributed by atoms with Gasteiger partial charge >= 0.3 is 0 Å². The first-order chi connectivity index (χ1) is 8.23. The van der Waals surface area contributed by atoms with Crippen molar-refractivity contribution in [2.45, 2.75) is 70.7 Å². The first-order valence-corrected chi connectivity index (χ1v) is 8.44. The summed E-state index contributed by atoms with van der Waals surface area (Å²) in [5.41, 5.74) is -0.198. The molecule has 2 N–H and O–H groups in total. The van der Waals surface area contributed by atoms with Crippen LogP contribution >= 0.6 is 0 Å². The summed E-state index contributed by atoms with van der Waals surface area (Å²) in [5, 5.41) is 9.63. The molecule has 0 aromatic carbocycles. The minimum atomic E-state index is -3.19. The molecule has 4 nitrogen and oxygen atoms in total. The molecule has 18 heavy (non-hydrogen) atoms. The number of aliphatic hydroxyl groups is 1. The minimum Gasteiger partial charge on any atom is -0.393 e. The van der Waals surface area contributed by atoms with Crippen LogP contribution in [0.3, 0.4) is 0 Å². The molecule has 1 atom stereocenters. The predicted molar refractivity (Wildman–Crippen MR) is 73.9 cm³/mol. The highest BCUT2D eigenvalue weighted by molar-refractivity contribution is 7.90. The third-order valence-corrected chi connectivity index (χ3v) is 5.67. The van der Waals surface area contributed by atoms with E-state index < -0.39 is 16.1 Å². The van der Waals surface area contributed by atoms with Crippen molar-refractivity contribution in [2.75, 3.05) is 6.54 Å². The van der Waals surface area contributed by atoms with E-state index in [0.717, 1.165) is 32.1 Å². The Balaban J connectivity index is 2.38. The number of hydrogen-bond acceptors (Lipinski definition) is 3. The zero-order valence-corrected chi connectivity index (χ0v) is 12.6. The van der Waals surface area contributed by atoms with Crippen molar-refractivity contribution in [2.24, 2.45) is 5.41 Å². The summed E-state index contributed by atoms with van der Waals surface area (Å²) < 4.78 is 26.7. The average Bonchev–Trinajstić information content (AvgIpc) is 2.28. The molecule has 1 aliphatic rings. The van der Waals surface area contributed by atoms with Gasteiger partial charge in [-0.15, -0.1) is 0 Å². The standard InChI is InChI=1S/C13H27NO3S/c1-13(2,3)12(15)9-10-14-18(16,17)11-7-5-4-6-8-11/h11-12,14-15H,4-10H2,1-3H3. The maximum absolute atomic E-state index is 12.0. The lowest BCUT2D eigenvalue weighted by atomic mass is 9.87. The fraction of sp³-hybridized carbons (Fsp3) is 1.00. The van der Waals surface area contributed by atoms with Crippen molar-refractivity contribution >= 4 is 10.0 Å². The van der Waals surface area contributed by atoms with Crippen molar-refractivity contribution in [3.63, 3.8) is 0 Å². The molecule has 0 aromatic rings. The molecule has 1 aliphatic carbocycles. The lowest BCUT2D eigenvalue weighted by Gasteiger charge is -2.26. The van der Waals surface area contributed by atoms with Crippen molar-refractivity contribution in [3.8, 4) is 0 Å². The topological polar surface area (TPSA) is 66.4 Å². The number of hydrogen-bond donors (Lipinski definition) is 2. The lowest BCUT2D eigenvalue weighted by Crippen LogP contribution is -2.38. The Hall–Kier alpha value is -0.130. The van der Waals surface area contributed by atoms with E-state index in [2.05, 4.69) is 4.72 Å². The highest BCUT2D eigenvalue weighted by Gasteiger charge is 2.27. The van der Waals surface area contributed by atoms with Gasteiger partial charge < -0.3 is 5.11 Å². The zero-order chi connectivity index (χ0) is 13.8. The molecule has 0 bridgehead atoms. The quantitative estimate of drug-likeness (QED) is 0.808. The Kier molecular flexibility index (Phi) is 5.62. The van der Waals surface area contributed by atoms with E-state index in [-0.39, 0.29) is 10.7 Å². The van der Waals surface area contributed by atoms with Crippen LogP contribution in [0.2, 0.25) is 0 Å². The van der Waals surface area contributed by atoms with Gasteiger partial charge in [0, 0.05) is 6.54 Å². The second-order valence-corrected chi connectivity index (χ2v) is 8.42. The Morgan fingerprint density at radius 3 is 2.28 bits per heavy atom. The highest BCUT2D eigenvalue weighted by atomic mass is 32.2. The van der Waals surface area contributed by atoms with Crippen LogP contribution in [0.15, 0.2) is 0 Å². The monoisotopic (exact) mass is 277 g/mol. The van der Waals surface area contributed by atoms with Gasteiger partial charge in [-0.1, -0.05) is 40.0 Å². The van der Waals surface area contributed by atoms with Crippen LogP contribution < -0.4 is 4.72 Å². The van der Waals surface area contributed by atoms with Gasteiger partial charge in [-0.2, -0.15) is 0 Å². The molecule has 5 heteroatoms. The molecular weight excluding hydrogens is 250 g/mol. The van der Waals surface area contributed by atoms with Crippen molar-refractivity contribution in [1.29, 1.82) is 0 Å². The summed E-state index contributed by atoms with van der Waals surface area (Å²) in [4.78, 5) is 0. The fourth-order valence-corrected chi connectivity index (χ4v) is 3.86. The summed E-state index contributed by atoms with van der Waals surface area (Å²) in [5.74, 6) is 0. The largest absolute Gasteiger partial charge is 0.393 e. The van der Waals surface area contributed by atoms with E-state index in [1.54, 1.807) is 0 Å². The van der Waals surface area contributed by atoms with Crippen molar-refractivity contribution < 1.29 is 13.5 Å². The van der Waals surface area contributed by atoms with Crippen LogP contribution in [0.25, 0.3) is 0 Å². The Morgan fingerprint density at radius 1 is 1.22 bits per heavy atom. The smallest absolute Gasteiger partial charge is 0.214 e. The molecule has 0 aliphatic heterocycles. The van der Waals surface area contributed by atoms with E-state index in [0.29, 0.717) is 13.0 Å². The molecule has 0 radical (unpaired) electrons.